The van der Waals surface area contributed by atoms with Crippen LogP contribution in [0.5, 0.6) is 0 Å². The number of hydrogen-bond acceptors (Lipinski definition) is 4. The van der Waals surface area contributed by atoms with Crippen molar-refractivity contribution in [3.8, 4) is 6.07 Å². The molecule has 0 spiro atoms. The lowest BCUT2D eigenvalue weighted by molar-refractivity contribution is -0.139. The van der Waals surface area contributed by atoms with Gasteiger partial charge in [0.2, 0.25) is 0 Å². The van der Waals surface area contributed by atoms with Gasteiger partial charge in [-0.1, -0.05) is 0 Å². The van der Waals surface area contributed by atoms with Crippen molar-refractivity contribution >= 4 is 5.97 Å². The molecule has 0 fully saturated rings. The highest BCUT2D eigenvalue weighted by Crippen LogP contribution is 2.24. The van der Waals surface area contributed by atoms with Crippen LogP contribution in [0.3, 0.4) is 0 Å². The molecule has 0 aliphatic heterocycles. The molecule has 1 heterocycles. The topological polar surface area (TPSA) is 63.0 Å². The number of carbonyl (C=O) groups excluding carboxylic acids is 1. The number of nitrogens with zero attached hydrogens (tertiary/aromatic N) is 2. The van der Waals surface area contributed by atoms with Gasteiger partial charge >= 0.3 is 5.97 Å². The summed E-state index contributed by atoms with van der Waals surface area (Å²) < 4.78 is 42.6. The first-order valence-electron chi connectivity index (χ1n) is 4.43. The molecule has 0 atom stereocenters. The molecule has 0 aliphatic rings. The maximum absolute atomic E-state index is 13.3. The van der Waals surface area contributed by atoms with Crippen molar-refractivity contribution in [2.24, 2.45) is 0 Å². The Morgan fingerprint density at radius 3 is 2.76 bits per heavy atom. The van der Waals surface area contributed by atoms with Crippen LogP contribution in [-0.4, -0.2) is 18.1 Å². The molecule has 0 saturated carbocycles. The second-order valence-corrected chi connectivity index (χ2v) is 3.01. The van der Waals surface area contributed by atoms with Crippen molar-refractivity contribution in [3.63, 3.8) is 0 Å². The lowest BCUT2D eigenvalue weighted by atomic mass is 10.0. The number of halogens is 3. The minimum absolute atomic E-state index is 0.426. The van der Waals surface area contributed by atoms with E-state index in [1.165, 1.54) is 6.07 Å². The van der Waals surface area contributed by atoms with E-state index in [4.69, 9.17) is 5.26 Å². The number of rotatable bonds is 3. The van der Waals surface area contributed by atoms with Crippen LogP contribution in [0.2, 0.25) is 0 Å². The lowest BCUT2D eigenvalue weighted by Gasteiger charge is -2.08. The summed E-state index contributed by atoms with van der Waals surface area (Å²) in [6.45, 7) is 0. The molecule has 0 saturated heterocycles. The standard InChI is InChI=1S/C10H7F3N2O2/c1-17-8(16)2-5-6(3-14)9(10(12)13)15-4-7(5)11/h4,10H,2H2,1H3. The third-order valence-electron chi connectivity index (χ3n) is 2.03. The van der Waals surface area contributed by atoms with Gasteiger partial charge < -0.3 is 4.74 Å². The monoisotopic (exact) mass is 244 g/mol. The Kier molecular flexibility index (Phi) is 4.04. The Hall–Kier alpha value is -2.10. The second kappa shape index (κ2) is 5.30. The van der Waals surface area contributed by atoms with E-state index in [0.717, 1.165) is 7.11 Å². The quantitative estimate of drug-likeness (QED) is 0.760. The largest absolute Gasteiger partial charge is 0.469 e. The van der Waals surface area contributed by atoms with E-state index in [1.54, 1.807) is 0 Å². The van der Waals surface area contributed by atoms with Gasteiger partial charge in [-0.05, 0) is 0 Å². The molecular formula is C10H7F3N2O2. The Balaban J connectivity index is 3.32. The van der Waals surface area contributed by atoms with Crippen molar-refractivity contribution in [3.05, 3.63) is 28.8 Å². The van der Waals surface area contributed by atoms with E-state index in [-0.39, 0.29) is 0 Å². The van der Waals surface area contributed by atoms with Crippen LogP contribution in [0.25, 0.3) is 0 Å². The minimum atomic E-state index is -3.01. The number of aromatic nitrogens is 1. The summed E-state index contributed by atoms with van der Waals surface area (Å²) in [4.78, 5) is 14.1. The smallest absolute Gasteiger partial charge is 0.310 e. The molecule has 0 bridgehead atoms. The second-order valence-electron chi connectivity index (χ2n) is 3.01. The van der Waals surface area contributed by atoms with E-state index in [0.29, 0.717) is 6.20 Å². The highest BCUT2D eigenvalue weighted by molar-refractivity contribution is 5.73. The predicted molar refractivity (Wildman–Crippen MR) is 49.6 cm³/mol. The van der Waals surface area contributed by atoms with Crippen LogP contribution in [0.15, 0.2) is 6.20 Å². The average Bonchev–Trinajstić information content (AvgIpc) is 2.30. The lowest BCUT2D eigenvalue weighted by Crippen LogP contribution is -2.11. The van der Waals surface area contributed by atoms with E-state index in [2.05, 4.69) is 9.72 Å². The third-order valence-corrected chi connectivity index (χ3v) is 2.03. The molecule has 0 aromatic carbocycles. The minimum Gasteiger partial charge on any atom is -0.469 e. The number of ether oxygens (including phenoxy) is 1. The summed E-state index contributed by atoms with van der Waals surface area (Å²) >= 11 is 0. The van der Waals surface area contributed by atoms with Gasteiger partial charge in [-0.25, -0.2) is 13.2 Å². The number of methoxy groups -OCH3 is 1. The van der Waals surface area contributed by atoms with Crippen molar-refractivity contribution in [2.75, 3.05) is 7.11 Å². The van der Waals surface area contributed by atoms with Gasteiger partial charge in [0.25, 0.3) is 6.43 Å². The van der Waals surface area contributed by atoms with Crippen molar-refractivity contribution < 1.29 is 22.7 Å². The first kappa shape index (κ1) is 13.0. The Morgan fingerprint density at radius 2 is 2.29 bits per heavy atom. The molecule has 0 unspecified atom stereocenters. The highest BCUT2D eigenvalue weighted by Gasteiger charge is 2.22. The number of alkyl halides is 2. The highest BCUT2D eigenvalue weighted by atomic mass is 19.3. The molecular weight excluding hydrogens is 237 g/mol. The summed E-state index contributed by atoms with van der Waals surface area (Å²) in [5, 5.41) is 8.72. The van der Waals surface area contributed by atoms with Gasteiger partial charge in [0.1, 0.15) is 17.6 Å². The normalized spacial score (nSPS) is 10.1. The fourth-order valence-corrected chi connectivity index (χ4v) is 1.22. The zero-order valence-corrected chi connectivity index (χ0v) is 8.71. The Bertz CT molecular complexity index is 483. The molecule has 0 aliphatic carbocycles. The van der Waals surface area contributed by atoms with Crippen LogP contribution in [-0.2, 0) is 16.0 Å². The van der Waals surface area contributed by atoms with Gasteiger partial charge in [-0.2, -0.15) is 5.26 Å². The van der Waals surface area contributed by atoms with Gasteiger partial charge in [0.15, 0.2) is 0 Å². The average molecular weight is 244 g/mol. The summed E-state index contributed by atoms with van der Waals surface area (Å²) in [6.07, 6.45) is -3.05. The molecule has 1 aromatic rings. The number of pyridine rings is 1. The fourth-order valence-electron chi connectivity index (χ4n) is 1.22. The summed E-state index contributed by atoms with van der Waals surface area (Å²) in [5.41, 5.74) is -1.89. The molecule has 0 radical (unpaired) electrons. The molecule has 17 heavy (non-hydrogen) atoms. The zero-order valence-electron chi connectivity index (χ0n) is 8.71. The van der Waals surface area contributed by atoms with E-state index >= 15 is 0 Å². The van der Waals surface area contributed by atoms with E-state index in [1.807, 2.05) is 0 Å². The summed E-state index contributed by atoms with van der Waals surface area (Å²) in [5.74, 6) is -1.82. The van der Waals surface area contributed by atoms with Crippen molar-refractivity contribution in [2.45, 2.75) is 12.8 Å². The molecule has 90 valence electrons. The molecule has 7 heteroatoms. The first-order valence-corrected chi connectivity index (χ1v) is 4.43. The van der Waals surface area contributed by atoms with Crippen LogP contribution in [0.1, 0.15) is 23.2 Å². The van der Waals surface area contributed by atoms with Crippen LogP contribution >= 0.6 is 0 Å². The molecule has 0 N–H and O–H groups in total. The van der Waals surface area contributed by atoms with Crippen molar-refractivity contribution in [1.82, 2.24) is 4.98 Å². The number of nitriles is 1. The van der Waals surface area contributed by atoms with Crippen LogP contribution < -0.4 is 0 Å². The van der Waals surface area contributed by atoms with Gasteiger partial charge in [0.05, 0.1) is 25.3 Å². The van der Waals surface area contributed by atoms with E-state index in [9.17, 15) is 18.0 Å². The SMILES string of the molecule is COC(=O)Cc1c(F)cnc(C(F)F)c1C#N. The number of esters is 1. The molecule has 1 rings (SSSR count). The van der Waals surface area contributed by atoms with Crippen LogP contribution in [0, 0.1) is 17.1 Å². The fraction of sp³-hybridized carbons (Fsp3) is 0.300. The molecule has 1 aromatic heterocycles. The number of carbonyl (C=O) groups is 1. The maximum atomic E-state index is 13.3. The predicted octanol–water partition coefficient (Wildman–Crippen LogP) is 1.75. The van der Waals surface area contributed by atoms with Crippen molar-refractivity contribution in [1.29, 1.82) is 5.26 Å². The zero-order chi connectivity index (χ0) is 13.0. The Labute approximate surface area is 94.6 Å². The first-order chi connectivity index (χ1) is 8.01. The van der Waals surface area contributed by atoms with Crippen LogP contribution in [0.4, 0.5) is 13.2 Å². The maximum Gasteiger partial charge on any atom is 0.310 e. The third kappa shape index (κ3) is 2.72. The summed E-state index contributed by atoms with van der Waals surface area (Å²) in [7, 11) is 1.07. The van der Waals surface area contributed by atoms with Gasteiger partial charge in [-0.15, -0.1) is 0 Å². The molecule has 0 amide bonds. The number of hydrogen-bond donors (Lipinski definition) is 0. The Morgan fingerprint density at radius 1 is 1.65 bits per heavy atom. The summed E-state index contributed by atoms with van der Waals surface area (Å²) in [6, 6.07) is 1.43. The van der Waals surface area contributed by atoms with E-state index < -0.39 is 41.5 Å². The van der Waals surface area contributed by atoms with Gasteiger partial charge in [-0.3, -0.25) is 9.78 Å². The molecule has 4 nitrogen and oxygen atoms in total. The van der Waals surface area contributed by atoms with Gasteiger partial charge in [0, 0.05) is 5.56 Å².